The van der Waals surface area contributed by atoms with E-state index in [0.29, 0.717) is 12.2 Å². The summed E-state index contributed by atoms with van der Waals surface area (Å²) in [4.78, 5) is 16.6. The van der Waals surface area contributed by atoms with Crippen LogP contribution in [0.1, 0.15) is 5.69 Å². The van der Waals surface area contributed by atoms with E-state index >= 15 is 0 Å². The van der Waals surface area contributed by atoms with Crippen molar-refractivity contribution < 1.29 is 4.92 Å². The van der Waals surface area contributed by atoms with Crippen LogP contribution in [-0.2, 0) is 6.54 Å². The van der Waals surface area contributed by atoms with Gasteiger partial charge in [-0.1, -0.05) is 12.1 Å². The Morgan fingerprint density at radius 2 is 2.11 bits per heavy atom. The van der Waals surface area contributed by atoms with E-state index < -0.39 is 4.92 Å². The topological polar surface area (TPSA) is 85.3 Å². The van der Waals surface area contributed by atoms with Gasteiger partial charge in [-0.2, -0.15) is 0 Å². The minimum atomic E-state index is -0.459. The largest absolute Gasteiger partial charge is 0.393 e. The lowest BCUT2D eigenvalue weighted by Crippen LogP contribution is -2.18. The Hall–Kier alpha value is -2.63. The van der Waals surface area contributed by atoms with Crippen molar-refractivity contribution in [3.63, 3.8) is 0 Å². The average molecular weight is 258 g/mol. The number of hydrogen-bond donors (Lipinski definition) is 1. The molecule has 0 spiro atoms. The lowest BCUT2D eigenvalue weighted by atomic mass is 10.2. The number of aromatic nitrogens is 1. The van der Waals surface area contributed by atoms with Crippen molar-refractivity contribution in [3.05, 3.63) is 58.4 Å². The highest BCUT2D eigenvalue weighted by molar-refractivity contribution is 5.75. The number of nitro benzene ring substituents is 1. The number of nitrogen functional groups attached to an aromatic ring is 1. The van der Waals surface area contributed by atoms with Gasteiger partial charge in [-0.3, -0.25) is 15.1 Å². The molecule has 6 heteroatoms. The lowest BCUT2D eigenvalue weighted by Gasteiger charge is -2.19. The monoisotopic (exact) mass is 258 g/mol. The van der Waals surface area contributed by atoms with E-state index in [1.807, 2.05) is 18.2 Å². The molecule has 0 fully saturated rings. The van der Waals surface area contributed by atoms with Crippen molar-refractivity contribution in [1.29, 1.82) is 0 Å². The Balaban J connectivity index is 2.31. The maximum atomic E-state index is 11.1. The highest BCUT2D eigenvalue weighted by Crippen LogP contribution is 2.33. The summed E-state index contributed by atoms with van der Waals surface area (Å²) in [7, 11) is 1.77. The molecule has 1 heterocycles. The van der Waals surface area contributed by atoms with Gasteiger partial charge in [0.2, 0.25) is 0 Å². The molecule has 0 radical (unpaired) electrons. The maximum absolute atomic E-state index is 11.1. The molecule has 0 aliphatic heterocycles. The third-order valence-corrected chi connectivity index (χ3v) is 2.77. The average Bonchev–Trinajstić information content (AvgIpc) is 2.39. The number of nitrogens with zero attached hydrogens (tertiary/aromatic N) is 3. The first-order valence-electron chi connectivity index (χ1n) is 5.73. The van der Waals surface area contributed by atoms with E-state index in [-0.39, 0.29) is 11.4 Å². The normalized spacial score (nSPS) is 10.2. The Bertz CT molecular complexity index is 586. The Labute approximate surface area is 110 Å². The smallest absolute Gasteiger partial charge is 0.315 e. The molecule has 19 heavy (non-hydrogen) atoms. The molecule has 0 amide bonds. The minimum absolute atomic E-state index is 0.0686. The Morgan fingerprint density at radius 1 is 1.32 bits per heavy atom. The first kappa shape index (κ1) is 12.8. The summed E-state index contributed by atoms with van der Waals surface area (Å²) < 4.78 is 0. The number of nitrogens with two attached hydrogens (primary N) is 1. The molecule has 1 aromatic heterocycles. The van der Waals surface area contributed by atoms with Crippen molar-refractivity contribution in [2.45, 2.75) is 6.54 Å². The van der Waals surface area contributed by atoms with Gasteiger partial charge < -0.3 is 10.6 Å². The van der Waals surface area contributed by atoms with Gasteiger partial charge in [-0.15, -0.1) is 0 Å². The number of anilines is 2. The van der Waals surface area contributed by atoms with Crippen LogP contribution in [0.5, 0.6) is 0 Å². The predicted molar refractivity (Wildman–Crippen MR) is 73.9 cm³/mol. The van der Waals surface area contributed by atoms with Crippen molar-refractivity contribution in [3.8, 4) is 0 Å². The van der Waals surface area contributed by atoms with Crippen LogP contribution in [0, 0.1) is 10.1 Å². The van der Waals surface area contributed by atoms with Gasteiger partial charge in [-0.05, 0) is 24.3 Å². The second kappa shape index (κ2) is 5.34. The van der Waals surface area contributed by atoms with Crippen molar-refractivity contribution in [2.24, 2.45) is 0 Å². The molecule has 98 valence electrons. The highest BCUT2D eigenvalue weighted by Gasteiger charge is 2.20. The summed E-state index contributed by atoms with van der Waals surface area (Å²) in [5, 5.41) is 11.1. The molecule has 0 bridgehead atoms. The SMILES string of the molecule is CN(Cc1ccccn1)c1cccc(N)c1[N+](=O)[O-]. The molecule has 0 saturated carbocycles. The molecular formula is C13H14N4O2. The molecule has 1 aromatic carbocycles. The molecule has 0 atom stereocenters. The fourth-order valence-electron chi connectivity index (χ4n) is 1.88. The summed E-state index contributed by atoms with van der Waals surface area (Å²) in [6, 6.07) is 10.5. The summed E-state index contributed by atoms with van der Waals surface area (Å²) in [6.07, 6.45) is 1.69. The molecule has 0 saturated heterocycles. The number of pyridine rings is 1. The fraction of sp³-hybridized carbons (Fsp3) is 0.154. The third-order valence-electron chi connectivity index (χ3n) is 2.77. The molecule has 0 unspecified atom stereocenters. The van der Waals surface area contributed by atoms with E-state index in [9.17, 15) is 10.1 Å². The van der Waals surface area contributed by atoms with Crippen molar-refractivity contribution >= 4 is 17.1 Å². The fourth-order valence-corrected chi connectivity index (χ4v) is 1.88. The van der Waals surface area contributed by atoms with Crippen molar-refractivity contribution in [2.75, 3.05) is 17.7 Å². The second-order valence-electron chi connectivity index (χ2n) is 4.15. The lowest BCUT2D eigenvalue weighted by molar-refractivity contribution is -0.383. The van der Waals surface area contributed by atoms with Gasteiger partial charge in [0, 0.05) is 13.2 Å². The zero-order valence-electron chi connectivity index (χ0n) is 10.5. The van der Waals surface area contributed by atoms with Gasteiger partial charge in [0.25, 0.3) is 0 Å². The number of hydrogen-bond acceptors (Lipinski definition) is 5. The third kappa shape index (κ3) is 2.79. The number of rotatable bonds is 4. The van der Waals surface area contributed by atoms with Gasteiger partial charge in [0.15, 0.2) is 0 Å². The molecule has 6 nitrogen and oxygen atoms in total. The molecule has 0 aliphatic carbocycles. The summed E-state index contributed by atoms with van der Waals surface area (Å²) >= 11 is 0. The van der Waals surface area contributed by atoms with E-state index in [2.05, 4.69) is 4.98 Å². The standard InChI is InChI=1S/C13H14N4O2/c1-16(9-10-5-2-3-8-15-10)12-7-4-6-11(14)13(12)17(18)19/h2-8H,9,14H2,1H3. The van der Waals surface area contributed by atoms with E-state index in [4.69, 9.17) is 5.73 Å². The van der Waals surface area contributed by atoms with Crippen LogP contribution in [-0.4, -0.2) is 17.0 Å². The van der Waals surface area contributed by atoms with E-state index in [1.54, 1.807) is 30.3 Å². The molecule has 2 rings (SSSR count). The predicted octanol–water partition coefficient (Wildman–Crippen LogP) is 2.21. The molecule has 2 N–H and O–H groups in total. The summed E-state index contributed by atoms with van der Waals surface area (Å²) in [5.74, 6) is 0. The minimum Gasteiger partial charge on any atom is -0.393 e. The van der Waals surface area contributed by atoms with Gasteiger partial charge in [0.05, 0.1) is 17.2 Å². The summed E-state index contributed by atoms with van der Waals surface area (Å²) in [5.41, 5.74) is 7.08. The van der Waals surface area contributed by atoms with Gasteiger partial charge in [0.1, 0.15) is 11.4 Å². The first-order valence-corrected chi connectivity index (χ1v) is 5.73. The van der Waals surface area contributed by atoms with E-state index in [1.165, 1.54) is 6.07 Å². The second-order valence-corrected chi connectivity index (χ2v) is 4.15. The maximum Gasteiger partial charge on any atom is 0.315 e. The van der Waals surface area contributed by atoms with Crippen LogP contribution in [0.25, 0.3) is 0 Å². The quantitative estimate of drug-likeness (QED) is 0.516. The zero-order valence-corrected chi connectivity index (χ0v) is 10.5. The van der Waals surface area contributed by atoms with Gasteiger partial charge in [-0.25, -0.2) is 0 Å². The van der Waals surface area contributed by atoms with Crippen molar-refractivity contribution in [1.82, 2.24) is 4.98 Å². The van der Waals surface area contributed by atoms with Crippen LogP contribution in [0.4, 0.5) is 17.1 Å². The van der Waals surface area contributed by atoms with Crippen LogP contribution >= 0.6 is 0 Å². The van der Waals surface area contributed by atoms with Crippen LogP contribution in [0.2, 0.25) is 0 Å². The Morgan fingerprint density at radius 3 is 2.74 bits per heavy atom. The molecular weight excluding hydrogens is 244 g/mol. The summed E-state index contributed by atoms with van der Waals surface area (Å²) in [6.45, 7) is 0.477. The number of nitro groups is 1. The number of benzene rings is 1. The number of para-hydroxylation sites is 1. The molecule has 0 aliphatic rings. The highest BCUT2D eigenvalue weighted by atomic mass is 16.6. The molecule has 2 aromatic rings. The van der Waals surface area contributed by atoms with Gasteiger partial charge >= 0.3 is 5.69 Å². The van der Waals surface area contributed by atoms with E-state index in [0.717, 1.165) is 5.69 Å². The van der Waals surface area contributed by atoms with Crippen LogP contribution in [0.15, 0.2) is 42.6 Å². The Kier molecular flexibility index (Phi) is 3.61. The van der Waals surface area contributed by atoms with Crippen LogP contribution < -0.4 is 10.6 Å². The zero-order chi connectivity index (χ0) is 13.8. The van der Waals surface area contributed by atoms with Crippen LogP contribution in [0.3, 0.4) is 0 Å². The first-order chi connectivity index (χ1) is 9.09.